The van der Waals surface area contributed by atoms with Gasteiger partial charge in [0.25, 0.3) is 0 Å². The molecule has 20 heavy (non-hydrogen) atoms. The Bertz CT molecular complexity index is 392. The second kappa shape index (κ2) is 7.80. The lowest BCUT2D eigenvalue weighted by Crippen LogP contribution is -2.32. The Labute approximate surface area is 124 Å². The Kier molecular flexibility index (Phi) is 6.06. The van der Waals surface area contributed by atoms with Crippen LogP contribution in [0.25, 0.3) is 0 Å². The molecule has 0 aromatic heterocycles. The van der Waals surface area contributed by atoms with Crippen molar-refractivity contribution < 1.29 is 0 Å². The SMILES string of the molecule is CC(C)CNCc1ccccc1CN1CCC(C)CC1. The molecule has 0 aliphatic carbocycles. The molecule has 1 aromatic rings. The third-order valence-corrected chi connectivity index (χ3v) is 4.26. The largest absolute Gasteiger partial charge is 0.312 e. The molecule has 0 radical (unpaired) electrons. The van der Waals surface area contributed by atoms with Crippen LogP contribution < -0.4 is 5.32 Å². The molecule has 2 heteroatoms. The van der Waals surface area contributed by atoms with Gasteiger partial charge in [-0.15, -0.1) is 0 Å². The first-order valence-corrected chi connectivity index (χ1v) is 8.15. The quantitative estimate of drug-likeness (QED) is 0.851. The summed E-state index contributed by atoms with van der Waals surface area (Å²) in [6.07, 6.45) is 2.71. The predicted octanol–water partition coefficient (Wildman–Crippen LogP) is 3.66. The molecule has 1 aliphatic heterocycles. The standard InChI is InChI=1S/C18H30N2/c1-15(2)12-19-13-17-6-4-5-7-18(17)14-20-10-8-16(3)9-11-20/h4-7,15-16,19H,8-14H2,1-3H3. The lowest BCUT2D eigenvalue weighted by atomic mass is 9.98. The molecule has 1 aliphatic rings. The zero-order valence-electron chi connectivity index (χ0n) is 13.4. The van der Waals surface area contributed by atoms with Crippen molar-refractivity contribution in [3.05, 3.63) is 35.4 Å². The van der Waals surface area contributed by atoms with Gasteiger partial charge in [-0.05, 0) is 55.4 Å². The maximum absolute atomic E-state index is 3.57. The van der Waals surface area contributed by atoms with Gasteiger partial charge in [-0.3, -0.25) is 4.90 Å². The van der Waals surface area contributed by atoms with Gasteiger partial charge in [-0.2, -0.15) is 0 Å². The normalized spacial score (nSPS) is 17.8. The minimum atomic E-state index is 0.714. The van der Waals surface area contributed by atoms with E-state index >= 15 is 0 Å². The Morgan fingerprint density at radius 3 is 2.45 bits per heavy atom. The topological polar surface area (TPSA) is 15.3 Å². The second-order valence-electron chi connectivity index (χ2n) is 6.75. The molecule has 2 rings (SSSR count). The van der Waals surface area contributed by atoms with E-state index in [2.05, 4.69) is 55.3 Å². The molecule has 1 N–H and O–H groups in total. The summed E-state index contributed by atoms with van der Waals surface area (Å²) in [5.74, 6) is 1.62. The first-order chi connectivity index (χ1) is 9.65. The molecule has 0 amide bonds. The summed E-state index contributed by atoms with van der Waals surface area (Å²) in [5.41, 5.74) is 2.96. The maximum Gasteiger partial charge on any atom is 0.0236 e. The van der Waals surface area contributed by atoms with Gasteiger partial charge < -0.3 is 5.32 Å². The number of hydrogen-bond donors (Lipinski definition) is 1. The van der Waals surface area contributed by atoms with Crippen LogP contribution in [-0.2, 0) is 13.1 Å². The van der Waals surface area contributed by atoms with E-state index in [1.54, 1.807) is 0 Å². The van der Waals surface area contributed by atoms with Crippen molar-refractivity contribution in [3.63, 3.8) is 0 Å². The monoisotopic (exact) mass is 274 g/mol. The van der Waals surface area contributed by atoms with Crippen molar-refractivity contribution >= 4 is 0 Å². The highest BCUT2D eigenvalue weighted by Crippen LogP contribution is 2.19. The molecule has 112 valence electrons. The number of nitrogens with zero attached hydrogens (tertiary/aromatic N) is 1. The number of rotatable bonds is 6. The minimum Gasteiger partial charge on any atom is -0.312 e. The fourth-order valence-corrected chi connectivity index (χ4v) is 2.84. The van der Waals surface area contributed by atoms with Gasteiger partial charge in [0, 0.05) is 13.1 Å². The van der Waals surface area contributed by atoms with Gasteiger partial charge in [-0.25, -0.2) is 0 Å². The number of benzene rings is 1. The van der Waals surface area contributed by atoms with E-state index < -0.39 is 0 Å². The average Bonchev–Trinajstić information content (AvgIpc) is 2.43. The van der Waals surface area contributed by atoms with Crippen molar-refractivity contribution in [2.75, 3.05) is 19.6 Å². The van der Waals surface area contributed by atoms with Crippen molar-refractivity contribution in [1.82, 2.24) is 10.2 Å². The van der Waals surface area contributed by atoms with Gasteiger partial charge in [0.15, 0.2) is 0 Å². The van der Waals surface area contributed by atoms with Crippen LogP contribution in [0.3, 0.4) is 0 Å². The molecule has 1 heterocycles. The number of nitrogens with one attached hydrogen (secondary N) is 1. The van der Waals surface area contributed by atoms with E-state index in [1.807, 2.05) is 0 Å². The van der Waals surface area contributed by atoms with E-state index in [0.717, 1.165) is 25.6 Å². The molecule has 1 fully saturated rings. The zero-order chi connectivity index (χ0) is 14.4. The molecule has 0 spiro atoms. The van der Waals surface area contributed by atoms with Crippen molar-refractivity contribution in [2.45, 2.75) is 46.7 Å². The maximum atomic E-state index is 3.57. The highest BCUT2D eigenvalue weighted by atomic mass is 15.1. The van der Waals surface area contributed by atoms with Gasteiger partial charge >= 0.3 is 0 Å². The second-order valence-corrected chi connectivity index (χ2v) is 6.75. The average molecular weight is 274 g/mol. The molecule has 1 aromatic carbocycles. The fraction of sp³-hybridized carbons (Fsp3) is 0.667. The van der Waals surface area contributed by atoms with Crippen LogP contribution in [0.15, 0.2) is 24.3 Å². The van der Waals surface area contributed by atoms with Crippen LogP contribution in [0, 0.1) is 11.8 Å². The van der Waals surface area contributed by atoms with Gasteiger partial charge in [0.1, 0.15) is 0 Å². The molecule has 1 saturated heterocycles. The molecule has 2 nitrogen and oxygen atoms in total. The highest BCUT2D eigenvalue weighted by molar-refractivity contribution is 5.27. The van der Waals surface area contributed by atoms with Crippen LogP contribution in [-0.4, -0.2) is 24.5 Å². The van der Waals surface area contributed by atoms with Crippen LogP contribution in [0.1, 0.15) is 44.7 Å². The molecule has 0 unspecified atom stereocenters. The van der Waals surface area contributed by atoms with E-state index in [0.29, 0.717) is 5.92 Å². The first-order valence-electron chi connectivity index (χ1n) is 8.15. The summed E-state index contributed by atoms with van der Waals surface area (Å²) < 4.78 is 0. The summed E-state index contributed by atoms with van der Waals surface area (Å²) in [5, 5.41) is 3.57. The fourth-order valence-electron chi connectivity index (χ4n) is 2.84. The predicted molar refractivity (Wildman–Crippen MR) is 86.7 cm³/mol. The van der Waals surface area contributed by atoms with E-state index in [9.17, 15) is 0 Å². The zero-order valence-corrected chi connectivity index (χ0v) is 13.4. The summed E-state index contributed by atoms with van der Waals surface area (Å²) in [6, 6.07) is 8.90. The molecule has 0 saturated carbocycles. The van der Waals surface area contributed by atoms with Gasteiger partial charge in [0.2, 0.25) is 0 Å². The molecule has 0 atom stereocenters. The van der Waals surface area contributed by atoms with Crippen molar-refractivity contribution in [1.29, 1.82) is 0 Å². The van der Waals surface area contributed by atoms with Crippen molar-refractivity contribution in [3.8, 4) is 0 Å². The summed E-state index contributed by atoms with van der Waals surface area (Å²) in [7, 11) is 0. The van der Waals surface area contributed by atoms with Crippen LogP contribution in [0.4, 0.5) is 0 Å². The van der Waals surface area contributed by atoms with E-state index in [4.69, 9.17) is 0 Å². The molecule has 0 bridgehead atoms. The van der Waals surface area contributed by atoms with Crippen LogP contribution >= 0.6 is 0 Å². The van der Waals surface area contributed by atoms with E-state index in [-0.39, 0.29) is 0 Å². The molecular weight excluding hydrogens is 244 g/mol. The summed E-state index contributed by atoms with van der Waals surface area (Å²) in [6.45, 7) is 12.6. The summed E-state index contributed by atoms with van der Waals surface area (Å²) in [4.78, 5) is 2.61. The molecular formula is C18H30N2. The number of piperidine rings is 1. The third-order valence-electron chi connectivity index (χ3n) is 4.26. The number of hydrogen-bond acceptors (Lipinski definition) is 2. The third kappa shape index (κ3) is 4.92. The lowest BCUT2D eigenvalue weighted by molar-refractivity contribution is 0.185. The minimum absolute atomic E-state index is 0.714. The van der Waals surface area contributed by atoms with E-state index in [1.165, 1.54) is 37.1 Å². The lowest BCUT2D eigenvalue weighted by Gasteiger charge is -2.30. The first kappa shape index (κ1) is 15.5. The Morgan fingerprint density at radius 2 is 1.80 bits per heavy atom. The van der Waals surface area contributed by atoms with Gasteiger partial charge in [-0.1, -0.05) is 45.0 Å². The van der Waals surface area contributed by atoms with Crippen LogP contribution in [0.5, 0.6) is 0 Å². The number of likely N-dealkylation sites (tertiary alicyclic amines) is 1. The Morgan fingerprint density at radius 1 is 1.15 bits per heavy atom. The Hall–Kier alpha value is -0.860. The highest BCUT2D eigenvalue weighted by Gasteiger charge is 2.16. The van der Waals surface area contributed by atoms with Crippen LogP contribution in [0.2, 0.25) is 0 Å². The van der Waals surface area contributed by atoms with Gasteiger partial charge in [0.05, 0.1) is 0 Å². The smallest absolute Gasteiger partial charge is 0.0236 e. The summed E-state index contributed by atoms with van der Waals surface area (Å²) >= 11 is 0. The van der Waals surface area contributed by atoms with Crippen molar-refractivity contribution in [2.24, 2.45) is 11.8 Å². The Balaban J connectivity index is 1.90.